The Kier molecular flexibility index (Phi) is 5.75. The zero-order valence-electron chi connectivity index (χ0n) is 12.2. The van der Waals surface area contributed by atoms with E-state index >= 15 is 0 Å². The summed E-state index contributed by atoms with van der Waals surface area (Å²) in [5.41, 5.74) is 4.46. The monoisotopic (exact) mass is 292 g/mol. The number of benzene rings is 1. The van der Waals surface area contributed by atoms with E-state index in [2.05, 4.69) is 20.5 Å². The van der Waals surface area contributed by atoms with Crippen LogP contribution in [0, 0.1) is 0 Å². The van der Waals surface area contributed by atoms with Gasteiger partial charge in [-0.2, -0.15) is 5.10 Å². The molecule has 0 spiro atoms. The molecular formula is C17H16N4O. The number of carbonyl (C=O) groups is 1. The zero-order chi connectivity index (χ0) is 15.6. The van der Waals surface area contributed by atoms with Crippen LogP contribution in [0.25, 0.3) is 6.08 Å². The number of allylic oxidation sites excluding steroid dienone is 3. The van der Waals surface area contributed by atoms with Gasteiger partial charge in [0.05, 0.1) is 11.9 Å². The maximum atomic E-state index is 11.7. The van der Waals surface area contributed by atoms with Gasteiger partial charge >= 0.3 is 0 Å². The van der Waals surface area contributed by atoms with Crippen molar-refractivity contribution in [3.63, 3.8) is 0 Å². The first-order valence-electron chi connectivity index (χ1n) is 6.76. The smallest absolute Gasteiger partial charge is 0.265 e. The summed E-state index contributed by atoms with van der Waals surface area (Å²) in [6.45, 7) is 1.80. The Balaban J connectivity index is 1.86. The minimum absolute atomic E-state index is 0.229. The molecule has 0 bridgehead atoms. The zero-order valence-corrected chi connectivity index (χ0v) is 12.2. The predicted octanol–water partition coefficient (Wildman–Crippen LogP) is 2.85. The molecule has 1 N–H and O–H groups in total. The van der Waals surface area contributed by atoms with Crippen LogP contribution in [0.2, 0.25) is 0 Å². The molecule has 0 aliphatic carbocycles. The average molecular weight is 292 g/mol. The van der Waals surface area contributed by atoms with E-state index in [0.29, 0.717) is 5.71 Å². The Hall–Kier alpha value is -3.08. The second-order valence-corrected chi connectivity index (χ2v) is 4.41. The number of rotatable bonds is 5. The minimum Gasteiger partial charge on any atom is -0.265 e. The van der Waals surface area contributed by atoms with Gasteiger partial charge in [-0.05, 0) is 18.6 Å². The predicted molar refractivity (Wildman–Crippen MR) is 87.2 cm³/mol. The molecule has 1 heterocycles. The Morgan fingerprint density at radius 2 is 2.00 bits per heavy atom. The first-order valence-corrected chi connectivity index (χ1v) is 6.76. The molecule has 1 aromatic heterocycles. The van der Waals surface area contributed by atoms with Gasteiger partial charge in [0.1, 0.15) is 5.69 Å². The van der Waals surface area contributed by atoms with Crippen LogP contribution in [0.5, 0.6) is 0 Å². The van der Waals surface area contributed by atoms with Crippen molar-refractivity contribution in [2.45, 2.75) is 6.92 Å². The van der Waals surface area contributed by atoms with Crippen molar-refractivity contribution in [3.8, 4) is 0 Å². The lowest BCUT2D eigenvalue weighted by atomic mass is 10.2. The number of hydrogen-bond acceptors (Lipinski definition) is 4. The molecule has 0 unspecified atom stereocenters. The van der Waals surface area contributed by atoms with E-state index in [1.54, 1.807) is 13.0 Å². The van der Waals surface area contributed by atoms with E-state index in [0.717, 1.165) is 5.56 Å². The molecule has 0 radical (unpaired) electrons. The Bertz CT molecular complexity index is 691. The standard InChI is InChI=1S/C17H16N4O/c1-14(7-5-6-10-15-8-3-2-4-9-15)20-21-17(22)16-13-18-11-12-19-16/h2-13H,1H3,(H,21,22). The highest BCUT2D eigenvalue weighted by Crippen LogP contribution is 2.00. The van der Waals surface area contributed by atoms with Crippen molar-refractivity contribution >= 4 is 17.7 Å². The van der Waals surface area contributed by atoms with Gasteiger partial charge in [0, 0.05) is 12.4 Å². The summed E-state index contributed by atoms with van der Waals surface area (Å²) in [4.78, 5) is 19.4. The number of amides is 1. The maximum Gasteiger partial charge on any atom is 0.291 e. The van der Waals surface area contributed by atoms with Gasteiger partial charge in [-0.3, -0.25) is 9.78 Å². The lowest BCUT2D eigenvalue weighted by Gasteiger charge is -1.98. The van der Waals surface area contributed by atoms with Gasteiger partial charge in [0.15, 0.2) is 0 Å². The first kappa shape index (κ1) is 15.3. The molecule has 22 heavy (non-hydrogen) atoms. The molecule has 2 rings (SSSR count). The second-order valence-electron chi connectivity index (χ2n) is 4.41. The Morgan fingerprint density at radius 1 is 1.18 bits per heavy atom. The summed E-state index contributed by atoms with van der Waals surface area (Å²) in [6, 6.07) is 9.98. The van der Waals surface area contributed by atoms with E-state index < -0.39 is 0 Å². The molecule has 0 saturated heterocycles. The largest absolute Gasteiger partial charge is 0.291 e. The lowest BCUT2D eigenvalue weighted by molar-refractivity contribution is 0.0949. The molecule has 1 aromatic carbocycles. The highest BCUT2D eigenvalue weighted by molar-refractivity contribution is 5.96. The third-order valence-electron chi connectivity index (χ3n) is 2.67. The lowest BCUT2D eigenvalue weighted by Crippen LogP contribution is -2.20. The van der Waals surface area contributed by atoms with Crippen LogP contribution in [0.15, 0.2) is 72.3 Å². The summed E-state index contributed by atoms with van der Waals surface area (Å²) in [7, 11) is 0. The summed E-state index contributed by atoms with van der Waals surface area (Å²) in [5.74, 6) is -0.388. The van der Waals surface area contributed by atoms with Gasteiger partial charge < -0.3 is 0 Å². The third kappa shape index (κ3) is 5.13. The quantitative estimate of drug-likeness (QED) is 0.523. The van der Waals surface area contributed by atoms with E-state index in [-0.39, 0.29) is 11.6 Å². The number of carbonyl (C=O) groups excluding carboxylic acids is 1. The molecule has 5 heteroatoms. The van der Waals surface area contributed by atoms with Crippen molar-refractivity contribution in [2.24, 2.45) is 5.10 Å². The molecule has 1 amide bonds. The van der Waals surface area contributed by atoms with Crippen LogP contribution >= 0.6 is 0 Å². The van der Waals surface area contributed by atoms with E-state index in [1.807, 2.05) is 48.6 Å². The molecule has 0 fully saturated rings. The summed E-state index contributed by atoms with van der Waals surface area (Å²) < 4.78 is 0. The van der Waals surface area contributed by atoms with E-state index in [1.165, 1.54) is 18.6 Å². The third-order valence-corrected chi connectivity index (χ3v) is 2.67. The molecule has 0 atom stereocenters. The number of hydrazone groups is 1. The molecular weight excluding hydrogens is 276 g/mol. The van der Waals surface area contributed by atoms with Crippen LogP contribution in [0.1, 0.15) is 23.0 Å². The highest BCUT2D eigenvalue weighted by Gasteiger charge is 2.04. The molecule has 110 valence electrons. The van der Waals surface area contributed by atoms with Crippen molar-refractivity contribution in [1.29, 1.82) is 0 Å². The van der Waals surface area contributed by atoms with Gasteiger partial charge in [-0.1, -0.05) is 48.6 Å². The fourth-order valence-corrected chi connectivity index (χ4v) is 1.58. The van der Waals surface area contributed by atoms with Crippen LogP contribution in [0.3, 0.4) is 0 Å². The van der Waals surface area contributed by atoms with Gasteiger partial charge in [-0.15, -0.1) is 0 Å². The van der Waals surface area contributed by atoms with E-state index in [4.69, 9.17) is 0 Å². The molecule has 2 aromatic rings. The van der Waals surface area contributed by atoms with Crippen LogP contribution in [-0.2, 0) is 0 Å². The molecule has 0 aliphatic rings. The summed E-state index contributed by atoms with van der Waals surface area (Å²) >= 11 is 0. The SMILES string of the molecule is CC(C=CC=Cc1ccccc1)=NNC(=O)c1cnccn1. The minimum atomic E-state index is -0.388. The van der Waals surface area contributed by atoms with Gasteiger partial charge in [0.2, 0.25) is 0 Å². The van der Waals surface area contributed by atoms with Crippen molar-refractivity contribution in [3.05, 3.63) is 78.4 Å². The van der Waals surface area contributed by atoms with Gasteiger partial charge in [-0.25, -0.2) is 10.4 Å². The Morgan fingerprint density at radius 3 is 2.73 bits per heavy atom. The molecule has 5 nitrogen and oxygen atoms in total. The normalized spacial score (nSPS) is 12.0. The van der Waals surface area contributed by atoms with Crippen LogP contribution < -0.4 is 5.43 Å². The Labute approximate surface area is 129 Å². The summed E-state index contributed by atoms with van der Waals surface area (Å²) in [6.07, 6.45) is 11.9. The first-order chi connectivity index (χ1) is 10.8. The van der Waals surface area contributed by atoms with Crippen molar-refractivity contribution in [2.75, 3.05) is 0 Å². The highest BCUT2D eigenvalue weighted by atomic mass is 16.2. The fraction of sp³-hybridized carbons (Fsp3) is 0.0588. The maximum absolute atomic E-state index is 11.7. The fourth-order valence-electron chi connectivity index (χ4n) is 1.58. The van der Waals surface area contributed by atoms with Crippen LogP contribution in [-0.4, -0.2) is 21.6 Å². The summed E-state index contributed by atoms with van der Waals surface area (Å²) in [5, 5.41) is 3.97. The van der Waals surface area contributed by atoms with Crippen LogP contribution in [0.4, 0.5) is 0 Å². The topological polar surface area (TPSA) is 67.2 Å². The average Bonchev–Trinajstić information content (AvgIpc) is 2.58. The number of nitrogens with zero attached hydrogens (tertiary/aromatic N) is 3. The van der Waals surface area contributed by atoms with Crippen molar-refractivity contribution in [1.82, 2.24) is 15.4 Å². The van der Waals surface area contributed by atoms with Crippen molar-refractivity contribution < 1.29 is 4.79 Å². The molecule has 0 aliphatic heterocycles. The van der Waals surface area contributed by atoms with Gasteiger partial charge in [0.25, 0.3) is 5.91 Å². The van der Waals surface area contributed by atoms with E-state index in [9.17, 15) is 4.79 Å². The number of hydrogen-bond donors (Lipinski definition) is 1. The molecule has 0 saturated carbocycles. The second kappa shape index (κ2) is 8.26. The number of aromatic nitrogens is 2. The number of nitrogens with one attached hydrogen (secondary N) is 1.